The van der Waals surface area contributed by atoms with Crippen LogP contribution in [0.4, 0.5) is 9.18 Å². The molecule has 3 rings (SSSR count). The zero-order valence-corrected chi connectivity index (χ0v) is 15.7. The van der Waals surface area contributed by atoms with Crippen molar-refractivity contribution in [2.45, 2.75) is 13.5 Å². The van der Waals surface area contributed by atoms with Gasteiger partial charge in [-0.15, -0.1) is 0 Å². The number of rotatable bonds is 7. The van der Waals surface area contributed by atoms with E-state index in [-0.39, 0.29) is 25.5 Å². The van der Waals surface area contributed by atoms with Crippen LogP contribution >= 0.6 is 0 Å². The molecule has 29 heavy (non-hydrogen) atoms. The van der Waals surface area contributed by atoms with Crippen LogP contribution in [0.15, 0.2) is 54.2 Å². The van der Waals surface area contributed by atoms with Crippen molar-refractivity contribution < 1.29 is 28.2 Å². The highest BCUT2D eigenvalue weighted by molar-refractivity contribution is 6.14. The highest BCUT2D eigenvalue weighted by Gasteiger charge is 2.33. The minimum absolute atomic E-state index is 0.0172. The minimum atomic E-state index is -0.574. The Bertz CT molecular complexity index is 956. The molecule has 150 valence electrons. The van der Waals surface area contributed by atoms with Gasteiger partial charge in [0, 0.05) is 5.56 Å². The van der Waals surface area contributed by atoms with E-state index in [1.54, 1.807) is 31.2 Å². The summed E-state index contributed by atoms with van der Waals surface area (Å²) in [6, 6.07) is 11.8. The third-order valence-corrected chi connectivity index (χ3v) is 4.09. The molecule has 0 saturated carbocycles. The number of urea groups is 1. The van der Waals surface area contributed by atoms with Crippen molar-refractivity contribution >= 4 is 24.0 Å². The molecular weight excluding hydrogens is 379 g/mol. The van der Waals surface area contributed by atoms with Gasteiger partial charge in [-0.3, -0.25) is 9.69 Å². The molecule has 1 aliphatic rings. The van der Waals surface area contributed by atoms with Crippen molar-refractivity contribution in [2.75, 3.05) is 13.2 Å². The van der Waals surface area contributed by atoms with Crippen LogP contribution < -0.4 is 10.1 Å². The maximum absolute atomic E-state index is 13.0. The van der Waals surface area contributed by atoms with Crippen LogP contribution in [0.1, 0.15) is 18.1 Å². The van der Waals surface area contributed by atoms with E-state index in [1.165, 1.54) is 30.3 Å². The first-order valence-corrected chi connectivity index (χ1v) is 8.94. The van der Waals surface area contributed by atoms with E-state index in [0.29, 0.717) is 16.9 Å². The Kier molecular flexibility index (Phi) is 6.23. The molecule has 2 aromatic rings. The number of para-hydroxylation sites is 1. The molecule has 1 fully saturated rings. The van der Waals surface area contributed by atoms with Gasteiger partial charge in [-0.05, 0) is 36.8 Å². The Balaban J connectivity index is 1.75. The maximum atomic E-state index is 13.0. The zero-order chi connectivity index (χ0) is 20.8. The normalized spacial score (nSPS) is 14.8. The van der Waals surface area contributed by atoms with Gasteiger partial charge in [0.15, 0.2) is 6.61 Å². The van der Waals surface area contributed by atoms with E-state index in [0.717, 1.165) is 4.90 Å². The first-order chi connectivity index (χ1) is 14.0. The molecule has 2 aromatic carbocycles. The smallest absolute Gasteiger partial charge is 0.344 e. The summed E-state index contributed by atoms with van der Waals surface area (Å²) in [4.78, 5) is 37.4. The lowest BCUT2D eigenvalue weighted by Gasteiger charge is -2.11. The number of hydrogen-bond acceptors (Lipinski definition) is 5. The molecule has 1 aliphatic heterocycles. The fraction of sp³-hybridized carbons (Fsp3) is 0.190. The summed E-state index contributed by atoms with van der Waals surface area (Å²) in [7, 11) is 0. The lowest BCUT2D eigenvalue weighted by molar-refractivity contribution is -0.145. The average molecular weight is 398 g/mol. The van der Waals surface area contributed by atoms with E-state index in [2.05, 4.69) is 5.32 Å². The van der Waals surface area contributed by atoms with Crippen LogP contribution in [-0.4, -0.2) is 36.0 Å². The van der Waals surface area contributed by atoms with E-state index in [9.17, 15) is 18.8 Å². The molecule has 7 nitrogen and oxygen atoms in total. The molecule has 0 aliphatic carbocycles. The summed E-state index contributed by atoms with van der Waals surface area (Å²) in [6.45, 7) is 1.69. The molecular formula is C21H19FN2O5. The summed E-state index contributed by atoms with van der Waals surface area (Å²) in [6.07, 6.45) is 1.48. The van der Waals surface area contributed by atoms with Gasteiger partial charge < -0.3 is 14.8 Å². The number of nitrogens with one attached hydrogen (secondary N) is 1. The van der Waals surface area contributed by atoms with Crippen molar-refractivity contribution in [3.8, 4) is 5.75 Å². The number of amides is 3. The Hall–Kier alpha value is -3.68. The van der Waals surface area contributed by atoms with Crippen LogP contribution in [0.25, 0.3) is 6.08 Å². The lowest BCUT2D eigenvalue weighted by atomic mass is 10.1. The van der Waals surface area contributed by atoms with Gasteiger partial charge in [0.05, 0.1) is 13.2 Å². The van der Waals surface area contributed by atoms with Crippen LogP contribution in [0.5, 0.6) is 5.75 Å². The predicted octanol–water partition coefficient (Wildman–Crippen LogP) is 2.86. The van der Waals surface area contributed by atoms with Gasteiger partial charge in [-0.1, -0.05) is 30.3 Å². The molecule has 0 spiro atoms. The molecule has 0 aromatic heterocycles. The Morgan fingerprint density at radius 1 is 1.14 bits per heavy atom. The second-order valence-corrected chi connectivity index (χ2v) is 6.14. The van der Waals surface area contributed by atoms with Crippen LogP contribution in [0.2, 0.25) is 0 Å². The van der Waals surface area contributed by atoms with Gasteiger partial charge in [-0.25, -0.2) is 14.0 Å². The Morgan fingerprint density at radius 3 is 2.59 bits per heavy atom. The number of ether oxygens (including phenoxy) is 2. The number of esters is 1. The molecule has 0 atom stereocenters. The Labute approximate surface area is 166 Å². The van der Waals surface area contributed by atoms with Gasteiger partial charge in [0.25, 0.3) is 5.91 Å². The number of halogens is 1. The van der Waals surface area contributed by atoms with Crippen molar-refractivity contribution in [1.82, 2.24) is 10.2 Å². The minimum Gasteiger partial charge on any atom is -0.481 e. The van der Waals surface area contributed by atoms with Crippen molar-refractivity contribution in [3.05, 3.63) is 71.2 Å². The summed E-state index contributed by atoms with van der Waals surface area (Å²) < 4.78 is 23.3. The van der Waals surface area contributed by atoms with Crippen molar-refractivity contribution in [1.29, 1.82) is 0 Å². The quantitative estimate of drug-likeness (QED) is 0.440. The van der Waals surface area contributed by atoms with Gasteiger partial charge >= 0.3 is 12.0 Å². The van der Waals surface area contributed by atoms with E-state index in [4.69, 9.17) is 9.47 Å². The number of benzene rings is 2. The van der Waals surface area contributed by atoms with Gasteiger partial charge in [0.1, 0.15) is 17.3 Å². The molecule has 8 heteroatoms. The molecule has 0 unspecified atom stereocenters. The van der Waals surface area contributed by atoms with Crippen molar-refractivity contribution in [2.24, 2.45) is 0 Å². The van der Waals surface area contributed by atoms with Crippen LogP contribution in [-0.2, 0) is 20.9 Å². The third-order valence-electron chi connectivity index (χ3n) is 4.09. The Morgan fingerprint density at radius 2 is 1.86 bits per heavy atom. The van der Waals surface area contributed by atoms with Gasteiger partial charge in [0.2, 0.25) is 0 Å². The van der Waals surface area contributed by atoms with E-state index < -0.39 is 23.7 Å². The standard InChI is InChI=1S/C21H19FN2O5/c1-2-28-19(25)13-29-18-6-4-3-5-15(18)11-17-20(26)24(21(27)23-17)12-14-7-9-16(22)10-8-14/h3-11H,2,12-13H2,1H3,(H,23,27)/b17-11-. The largest absolute Gasteiger partial charge is 0.481 e. The summed E-state index contributed by atoms with van der Waals surface area (Å²) in [5.41, 5.74) is 1.21. The molecule has 1 heterocycles. The first-order valence-electron chi connectivity index (χ1n) is 8.94. The summed E-state index contributed by atoms with van der Waals surface area (Å²) in [5, 5.41) is 2.52. The molecule has 1 saturated heterocycles. The zero-order valence-electron chi connectivity index (χ0n) is 15.7. The number of nitrogens with zero attached hydrogens (tertiary/aromatic N) is 1. The SMILES string of the molecule is CCOC(=O)COc1ccccc1/C=C1\NC(=O)N(Cc2ccc(F)cc2)C1=O. The second kappa shape index (κ2) is 9.01. The predicted molar refractivity (Wildman–Crippen MR) is 102 cm³/mol. The second-order valence-electron chi connectivity index (χ2n) is 6.14. The molecule has 0 bridgehead atoms. The number of hydrogen-bond donors (Lipinski definition) is 1. The maximum Gasteiger partial charge on any atom is 0.344 e. The van der Waals surface area contributed by atoms with Crippen LogP contribution in [0.3, 0.4) is 0 Å². The third kappa shape index (κ3) is 4.98. The fourth-order valence-corrected chi connectivity index (χ4v) is 2.71. The highest BCUT2D eigenvalue weighted by Crippen LogP contribution is 2.23. The number of carbonyl (C=O) groups is 3. The van der Waals surface area contributed by atoms with Gasteiger partial charge in [-0.2, -0.15) is 0 Å². The molecule has 1 N–H and O–H groups in total. The monoisotopic (exact) mass is 398 g/mol. The topological polar surface area (TPSA) is 84.9 Å². The highest BCUT2D eigenvalue weighted by atomic mass is 19.1. The van der Waals surface area contributed by atoms with Crippen LogP contribution in [0, 0.1) is 5.82 Å². The van der Waals surface area contributed by atoms with E-state index in [1.807, 2.05) is 0 Å². The first kappa shape index (κ1) is 20.1. The molecule has 3 amide bonds. The number of carbonyl (C=O) groups excluding carboxylic acids is 3. The average Bonchev–Trinajstić information content (AvgIpc) is 2.96. The summed E-state index contributed by atoms with van der Waals surface area (Å²) in [5.74, 6) is -1.05. The summed E-state index contributed by atoms with van der Waals surface area (Å²) >= 11 is 0. The van der Waals surface area contributed by atoms with E-state index >= 15 is 0 Å². The fourth-order valence-electron chi connectivity index (χ4n) is 2.71. The van der Waals surface area contributed by atoms with Crippen molar-refractivity contribution in [3.63, 3.8) is 0 Å². The molecule has 0 radical (unpaired) electrons. The number of imide groups is 1. The lowest BCUT2D eigenvalue weighted by Crippen LogP contribution is -2.30.